The van der Waals surface area contributed by atoms with Crippen LogP contribution in [0.3, 0.4) is 0 Å². The molecule has 0 saturated heterocycles. The molecule has 17 heavy (non-hydrogen) atoms. The molecule has 5 nitrogen and oxygen atoms in total. The number of nitrogens with zero attached hydrogens (tertiary/aromatic N) is 1. The maximum atomic E-state index is 12.1. The third-order valence-corrected chi connectivity index (χ3v) is 5.68. The van der Waals surface area contributed by atoms with Gasteiger partial charge in [-0.05, 0) is 19.1 Å². The van der Waals surface area contributed by atoms with Crippen molar-refractivity contribution in [2.45, 2.75) is 24.5 Å². The normalized spacial score (nSPS) is 11.9. The van der Waals surface area contributed by atoms with Gasteiger partial charge in [-0.1, -0.05) is 6.92 Å². The van der Waals surface area contributed by atoms with Gasteiger partial charge in [0.2, 0.25) is 0 Å². The molecule has 0 aliphatic carbocycles. The number of hydrogen-bond donors (Lipinski definition) is 1. The molecule has 1 rings (SSSR count). The summed E-state index contributed by atoms with van der Waals surface area (Å²) in [5, 5.41) is 8.58. The summed E-state index contributed by atoms with van der Waals surface area (Å²) < 4.78 is 25.7. The highest BCUT2D eigenvalue weighted by atomic mass is 32.2. The SMILES string of the molecule is CCN(CCC(=O)O)S(=O)(=O)c1ccc(C)s1. The van der Waals surface area contributed by atoms with Crippen LogP contribution in [-0.4, -0.2) is 36.9 Å². The summed E-state index contributed by atoms with van der Waals surface area (Å²) in [6, 6.07) is 3.29. The van der Waals surface area contributed by atoms with E-state index in [1.165, 1.54) is 15.6 Å². The van der Waals surface area contributed by atoms with Crippen molar-refractivity contribution in [2.75, 3.05) is 13.1 Å². The Bertz CT molecular complexity index is 492. The second kappa shape index (κ2) is 5.61. The first-order valence-corrected chi connectivity index (χ1v) is 7.42. The van der Waals surface area contributed by atoms with Gasteiger partial charge in [-0.25, -0.2) is 8.42 Å². The van der Waals surface area contributed by atoms with Gasteiger partial charge in [0.05, 0.1) is 6.42 Å². The minimum absolute atomic E-state index is 0.00507. The molecule has 96 valence electrons. The molecule has 0 aromatic carbocycles. The second-order valence-corrected chi connectivity index (χ2v) is 6.96. The minimum Gasteiger partial charge on any atom is -0.481 e. The molecule has 0 amide bonds. The molecule has 1 aromatic heterocycles. The molecular formula is C10H15NO4S2. The van der Waals surface area contributed by atoms with Crippen molar-refractivity contribution in [3.8, 4) is 0 Å². The summed E-state index contributed by atoms with van der Waals surface area (Å²) in [5.74, 6) is -0.999. The molecule has 7 heteroatoms. The number of aliphatic carboxylic acids is 1. The molecule has 0 atom stereocenters. The predicted octanol–water partition coefficient (Wildman–Crippen LogP) is 1.54. The molecule has 0 bridgehead atoms. The van der Waals surface area contributed by atoms with E-state index in [0.29, 0.717) is 0 Å². The van der Waals surface area contributed by atoms with Crippen LogP contribution in [0.15, 0.2) is 16.3 Å². The van der Waals surface area contributed by atoms with Crippen LogP contribution in [0.4, 0.5) is 0 Å². The van der Waals surface area contributed by atoms with Crippen LogP contribution in [0.2, 0.25) is 0 Å². The van der Waals surface area contributed by atoms with Crippen molar-refractivity contribution < 1.29 is 18.3 Å². The van der Waals surface area contributed by atoms with Gasteiger partial charge in [0.1, 0.15) is 4.21 Å². The molecule has 1 aromatic rings. The van der Waals surface area contributed by atoms with Gasteiger partial charge in [0.25, 0.3) is 10.0 Å². The fourth-order valence-corrected chi connectivity index (χ4v) is 4.23. The first-order chi connectivity index (χ1) is 7.87. The van der Waals surface area contributed by atoms with Crippen molar-refractivity contribution in [3.63, 3.8) is 0 Å². The summed E-state index contributed by atoms with van der Waals surface area (Å²) >= 11 is 1.20. The predicted molar refractivity (Wildman–Crippen MR) is 65.7 cm³/mol. The molecule has 0 spiro atoms. The van der Waals surface area contributed by atoms with E-state index in [1.807, 2.05) is 6.92 Å². The lowest BCUT2D eigenvalue weighted by atomic mass is 10.4. The Labute approximate surface area is 105 Å². The molecule has 0 fully saturated rings. The number of carboxylic acid groups (broad SMARTS) is 1. The smallest absolute Gasteiger partial charge is 0.304 e. The number of hydrogen-bond acceptors (Lipinski definition) is 4. The lowest BCUT2D eigenvalue weighted by Gasteiger charge is -2.18. The number of aryl methyl sites for hydroxylation is 1. The summed E-state index contributed by atoms with van der Waals surface area (Å²) in [5.41, 5.74) is 0. The number of carbonyl (C=O) groups is 1. The van der Waals surface area contributed by atoms with Gasteiger partial charge in [-0.3, -0.25) is 4.79 Å². The summed E-state index contributed by atoms with van der Waals surface area (Å²) in [6.45, 7) is 3.80. The van der Waals surface area contributed by atoms with Crippen molar-refractivity contribution in [3.05, 3.63) is 17.0 Å². The average molecular weight is 277 g/mol. The minimum atomic E-state index is -3.54. The second-order valence-electron chi connectivity index (χ2n) is 3.51. The number of thiophene rings is 1. The van der Waals surface area contributed by atoms with Crippen LogP contribution in [-0.2, 0) is 14.8 Å². The summed E-state index contributed by atoms with van der Waals surface area (Å²) in [6.07, 6.45) is -0.183. The van der Waals surface area contributed by atoms with Gasteiger partial charge < -0.3 is 5.11 Å². The van der Waals surface area contributed by atoms with E-state index < -0.39 is 16.0 Å². The average Bonchev–Trinajstić information content (AvgIpc) is 2.65. The lowest BCUT2D eigenvalue weighted by molar-refractivity contribution is -0.137. The van der Waals surface area contributed by atoms with Crippen LogP contribution in [0, 0.1) is 6.92 Å². The maximum absolute atomic E-state index is 12.1. The topological polar surface area (TPSA) is 74.7 Å². The Balaban J connectivity index is 2.90. The van der Waals surface area contributed by atoms with Gasteiger partial charge in [0, 0.05) is 18.0 Å². The third-order valence-electron chi connectivity index (χ3n) is 2.24. The Morgan fingerprint density at radius 1 is 1.47 bits per heavy atom. The number of rotatable bonds is 6. The number of sulfonamides is 1. The van der Waals surface area contributed by atoms with E-state index in [2.05, 4.69) is 0 Å². The van der Waals surface area contributed by atoms with E-state index >= 15 is 0 Å². The van der Waals surface area contributed by atoms with Crippen molar-refractivity contribution in [1.29, 1.82) is 0 Å². The molecule has 0 aliphatic rings. The van der Waals surface area contributed by atoms with E-state index in [0.717, 1.165) is 4.88 Å². The molecule has 1 N–H and O–H groups in total. The zero-order valence-electron chi connectivity index (χ0n) is 9.71. The Kier molecular flexibility index (Phi) is 4.67. The molecule has 0 aliphatic heterocycles. The van der Waals surface area contributed by atoms with Gasteiger partial charge in [-0.2, -0.15) is 4.31 Å². The van der Waals surface area contributed by atoms with E-state index in [4.69, 9.17) is 5.11 Å². The number of carboxylic acids is 1. The zero-order valence-corrected chi connectivity index (χ0v) is 11.3. The Morgan fingerprint density at radius 3 is 2.53 bits per heavy atom. The van der Waals surface area contributed by atoms with Crippen LogP contribution in [0.1, 0.15) is 18.2 Å². The van der Waals surface area contributed by atoms with Gasteiger partial charge >= 0.3 is 5.97 Å². The monoisotopic (exact) mass is 277 g/mol. The van der Waals surface area contributed by atoms with Gasteiger partial charge in [0.15, 0.2) is 0 Å². The molecule has 1 heterocycles. The molecule has 0 unspecified atom stereocenters. The first kappa shape index (κ1) is 14.1. The highest BCUT2D eigenvalue weighted by Crippen LogP contribution is 2.24. The van der Waals surface area contributed by atoms with Gasteiger partial charge in [-0.15, -0.1) is 11.3 Å². The van der Waals surface area contributed by atoms with Crippen LogP contribution in [0.25, 0.3) is 0 Å². The summed E-state index contributed by atoms with van der Waals surface area (Å²) in [7, 11) is -3.54. The first-order valence-electron chi connectivity index (χ1n) is 5.16. The molecule has 0 saturated carbocycles. The Hall–Kier alpha value is -0.920. The highest BCUT2D eigenvalue weighted by Gasteiger charge is 2.24. The van der Waals surface area contributed by atoms with E-state index in [9.17, 15) is 13.2 Å². The lowest BCUT2D eigenvalue weighted by Crippen LogP contribution is -2.32. The van der Waals surface area contributed by atoms with Crippen molar-refractivity contribution in [2.24, 2.45) is 0 Å². The van der Waals surface area contributed by atoms with E-state index in [1.54, 1.807) is 19.1 Å². The van der Waals surface area contributed by atoms with Crippen LogP contribution in [0.5, 0.6) is 0 Å². The zero-order chi connectivity index (χ0) is 13.1. The molecule has 0 radical (unpaired) electrons. The van der Waals surface area contributed by atoms with Crippen LogP contribution < -0.4 is 0 Å². The Morgan fingerprint density at radius 2 is 2.12 bits per heavy atom. The fraction of sp³-hybridized carbons (Fsp3) is 0.500. The van der Waals surface area contributed by atoms with E-state index in [-0.39, 0.29) is 23.7 Å². The standard InChI is InChI=1S/C10H15NO4S2/c1-3-11(7-6-9(12)13)17(14,15)10-5-4-8(2)16-10/h4-5H,3,6-7H2,1-2H3,(H,12,13). The largest absolute Gasteiger partial charge is 0.481 e. The van der Waals surface area contributed by atoms with Crippen LogP contribution >= 0.6 is 11.3 Å². The quantitative estimate of drug-likeness (QED) is 0.856. The summed E-state index contributed by atoms with van der Waals surface area (Å²) in [4.78, 5) is 11.4. The highest BCUT2D eigenvalue weighted by molar-refractivity contribution is 7.91. The van der Waals surface area contributed by atoms with Crippen molar-refractivity contribution in [1.82, 2.24) is 4.31 Å². The molecular weight excluding hydrogens is 262 g/mol. The maximum Gasteiger partial charge on any atom is 0.304 e. The third kappa shape index (κ3) is 3.52. The fourth-order valence-electron chi connectivity index (χ4n) is 1.35. The van der Waals surface area contributed by atoms with Crippen molar-refractivity contribution >= 4 is 27.3 Å².